The summed E-state index contributed by atoms with van der Waals surface area (Å²) >= 11 is 0. The van der Waals surface area contributed by atoms with E-state index in [9.17, 15) is 4.39 Å². The van der Waals surface area contributed by atoms with Crippen LogP contribution in [-0.4, -0.2) is 7.05 Å². The Hall–Kier alpha value is -1.87. The van der Waals surface area contributed by atoms with Gasteiger partial charge >= 0.3 is 0 Å². The second-order valence-electron chi connectivity index (χ2n) is 4.35. The molecule has 0 saturated heterocycles. The van der Waals surface area contributed by atoms with Gasteiger partial charge in [0.25, 0.3) is 0 Å². The van der Waals surface area contributed by atoms with Crippen molar-refractivity contribution in [2.45, 2.75) is 13.5 Å². The van der Waals surface area contributed by atoms with Crippen molar-refractivity contribution in [1.82, 2.24) is 0 Å². The lowest BCUT2D eigenvalue weighted by molar-refractivity contribution is 0.625. The van der Waals surface area contributed by atoms with Crippen LogP contribution >= 0.6 is 0 Å². The molecule has 0 bridgehead atoms. The van der Waals surface area contributed by atoms with Crippen molar-refractivity contribution in [2.24, 2.45) is 5.73 Å². The van der Waals surface area contributed by atoms with E-state index < -0.39 is 0 Å². The average molecular weight is 244 g/mol. The molecule has 0 aromatic heterocycles. The van der Waals surface area contributed by atoms with Crippen molar-refractivity contribution in [3.05, 3.63) is 59.4 Å². The molecular formula is C15H17FN2. The Kier molecular flexibility index (Phi) is 3.63. The smallest absolute Gasteiger partial charge is 0.147 e. The van der Waals surface area contributed by atoms with Crippen molar-refractivity contribution in [1.29, 1.82) is 0 Å². The molecule has 2 N–H and O–H groups in total. The highest BCUT2D eigenvalue weighted by atomic mass is 19.1. The van der Waals surface area contributed by atoms with E-state index in [1.54, 1.807) is 6.07 Å². The number of para-hydroxylation sites is 1. The number of nitrogens with two attached hydrogens (primary N) is 1. The molecule has 94 valence electrons. The van der Waals surface area contributed by atoms with Gasteiger partial charge in [0.05, 0.1) is 5.69 Å². The van der Waals surface area contributed by atoms with Gasteiger partial charge in [-0.1, -0.05) is 24.3 Å². The zero-order valence-electron chi connectivity index (χ0n) is 10.7. The highest BCUT2D eigenvalue weighted by molar-refractivity contribution is 5.66. The average Bonchev–Trinajstić information content (AvgIpc) is 2.37. The molecule has 0 aliphatic heterocycles. The van der Waals surface area contributed by atoms with E-state index in [4.69, 9.17) is 5.73 Å². The first kappa shape index (κ1) is 12.6. The molecule has 0 radical (unpaired) electrons. The van der Waals surface area contributed by atoms with Gasteiger partial charge in [0.15, 0.2) is 0 Å². The van der Waals surface area contributed by atoms with Crippen molar-refractivity contribution in [3.8, 4) is 0 Å². The van der Waals surface area contributed by atoms with Gasteiger partial charge in [0.2, 0.25) is 0 Å². The lowest BCUT2D eigenvalue weighted by atomic mass is 10.1. The van der Waals surface area contributed by atoms with Crippen LogP contribution < -0.4 is 10.6 Å². The Morgan fingerprint density at radius 3 is 2.56 bits per heavy atom. The summed E-state index contributed by atoms with van der Waals surface area (Å²) in [5.41, 5.74) is 9.12. The van der Waals surface area contributed by atoms with Crippen molar-refractivity contribution in [3.63, 3.8) is 0 Å². The molecule has 0 fully saturated rings. The van der Waals surface area contributed by atoms with Gasteiger partial charge in [-0.3, -0.25) is 0 Å². The summed E-state index contributed by atoms with van der Waals surface area (Å²) in [6.45, 7) is 2.34. The predicted molar refractivity (Wildman–Crippen MR) is 73.5 cm³/mol. The standard InChI is InChI=1S/C15H17FN2/c1-11-5-3-7-13(9-11)18(2)15-12(10-17)6-4-8-14(15)16/h3-9H,10,17H2,1-2H3. The summed E-state index contributed by atoms with van der Waals surface area (Å²) in [7, 11) is 1.85. The molecule has 2 rings (SSSR count). The van der Waals surface area contributed by atoms with Crippen LogP contribution in [0.4, 0.5) is 15.8 Å². The summed E-state index contributed by atoms with van der Waals surface area (Å²) in [5, 5.41) is 0. The molecular weight excluding hydrogens is 227 g/mol. The van der Waals surface area contributed by atoms with Crippen molar-refractivity contribution in [2.75, 3.05) is 11.9 Å². The molecule has 0 spiro atoms. The highest BCUT2D eigenvalue weighted by Gasteiger charge is 2.13. The van der Waals surface area contributed by atoms with Crippen LogP contribution in [-0.2, 0) is 6.54 Å². The normalized spacial score (nSPS) is 10.4. The molecule has 0 aliphatic carbocycles. The zero-order chi connectivity index (χ0) is 13.1. The van der Waals surface area contributed by atoms with Crippen molar-refractivity contribution >= 4 is 11.4 Å². The third-order valence-electron chi connectivity index (χ3n) is 3.01. The SMILES string of the molecule is Cc1cccc(N(C)c2c(F)cccc2CN)c1. The van der Waals surface area contributed by atoms with Gasteiger partial charge < -0.3 is 10.6 Å². The van der Waals surface area contributed by atoms with Crippen LogP contribution in [0.5, 0.6) is 0 Å². The van der Waals surface area contributed by atoms with Gasteiger partial charge in [0.1, 0.15) is 5.82 Å². The highest BCUT2D eigenvalue weighted by Crippen LogP contribution is 2.29. The number of halogens is 1. The third-order valence-corrected chi connectivity index (χ3v) is 3.01. The van der Waals surface area contributed by atoms with Gasteiger partial charge in [-0.25, -0.2) is 4.39 Å². The van der Waals surface area contributed by atoms with Crippen LogP contribution in [0.15, 0.2) is 42.5 Å². The Bertz CT molecular complexity index is 552. The van der Waals surface area contributed by atoms with Gasteiger partial charge in [-0.2, -0.15) is 0 Å². The van der Waals surface area contributed by atoms with Crippen LogP contribution in [0.3, 0.4) is 0 Å². The fourth-order valence-electron chi connectivity index (χ4n) is 2.07. The van der Waals surface area contributed by atoms with E-state index in [-0.39, 0.29) is 5.82 Å². The van der Waals surface area contributed by atoms with Crippen LogP contribution in [0.25, 0.3) is 0 Å². The van der Waals surface area contributed by atoms with Crippen LogP contribution in [0, 0.1) is 12.7 Å². The first-order valence-electron chi connectivity index (χ1n) is 5.91. The van der Waals surface area contributed by atoms with Gasteiger partial charge in [0, 0.05) is 19.3 Å². The summed E-state index contributed by atoms with van der Waals surface area (Å²) in [6, 6.07) is 13.0. The second kappa shape index (κ2) is 5.19. The minimum absolute atomic E-state index is 0.248. The Balaban J connectivity index is 2.48. The summed E-state index contributed by atoms with van der Waals surface area (Å²) in [6.07, 6.45) is 0. The lowest BCUT2D eigenvalue weighted by Gasteiger charge is -2.23. The summed E-state index contributed by atoms with van der Waals surface area (Å²) in [4.78, 5) is 1.84. The maximum atomic E-state index is 14.0. The molecule has 2 nitrogen and oxygen atoms in total. The van der Waals surface area contributed by atoms with E-state index in [2.05, 4.69) is 0 Å². The molecule has 0 atom stereocenters. The molecule has 2 aromatic rings. The van der Waals surface area contributed by atoms with E-state index >= 15 is 0 Å². The number of benzene rings is 2. The molecule has 0 aliphatic rings. The van der Waals surface area contributed by atoms with Gasteiger partial charge in [-0.05, 0) is 36.2 Å². The first-order valence-corrected chi connectivity index (χ1v) is 5.91. The van der Waals surface area contributed by atoms with Crippen LogP contribution in [0.1, 0.15) is 11.1 Å². The molecule has 2 aromatic carbocycles. The van der Waals surface area contributed by atoms with Crippen LogP contribution in [0.2, 0.25) is 0 Å². The summed E-state index contributed by atoms with van der Waals surface area (Å²) < 4.78 is 14.0. The fourth-order valence-corrected chi connectivity index (χ4v) is 2.07. The Morgan fingerprint density at radius 2 is 1.89 bits per heavy atom. The number of rotatable bonds is 3. The maximum Gasteiger partial charge on any atom is 0.147 e. The first-order chi connectivity index (χ1) is 8.63. The lowest BCUT2D eigenvalue weighted by Crippen LogP contribution is -2.15. The quantitative estimate of drug-likeness (QED) is 0.897. The number of anilines is 2. The molecule has 18 heavy (non-hydrogen) atoms. The van der Waals surface area contributed by atoms with Gasteiger partial charge in [-0.15, -0.1) is 0 Å². The van der Waals surface area contributed by atoms with E-state index in [1.807, 2.05) is 49.2 Å². The van der Waals surface area contributed by atoms with E-state index in [1.165, 1.54) is 6.07 Å². The molecule has 0 heterocycles. The second-order valence-corrected chi connectivity index (χ2v) is 4.35. The monoisotopic (exact) mass is 244 g/mol. The van der Waals surface area contributed by atoms with E-state index in [0.29, 0.717) is 12.2 Å². The number of hydrogen-bond acceptors (Lipinski definition) is 2. The zero-order valence-corrected chi connectivity index (χ0v) is 10.7. The fraction of sp³-hybridized carbons (Fsp3) is 0.200. The molecule has 0 saturated carbocycles. The Labute approximate surface area is 107 Å². The summed E-state index contributed by atoms with van der Waals surface area (Å²) in [5.74, 6) is -0.248. The topological polar surface area (TPSA) is 29.3 Å². The molecule has 0 unspecified atom stereocenters. The largest absolute Gasteiger partial charge is 0.342 e. The maximum absolute atomic E-state index is 14.0. The number of aryl methyl sites for hydroxylation is 1. The Morgan fingerprint density at radius 1 is 1.17 bits per heavy atom. The van der Waals surface area contributed by atoms with Crippen molar-refractivity contribution < 1.29 is 4.39 Å². The molecule has 0 amide bonds. The van der Waals surface area contributed by atoms with E-state index in [0.717, 1.165) is 16.8 Å². The minimum atomic E-state index is -0.248. The molecule has 3 heteroatoms. The predicted octanol–water partition coefficient (Wildman–Crippen LogP) is 3.36. The minimum Gasteiger partial charge on any atom is -0.342 e. The number of hydrogen-bond donors (Lipinski definition) is 1. The third kappa shape index (κ3) is 2.36. The number of nitrogens with zero attached hydrogens (tertiary/aromatic N) is 1.